The van der Waals surface area contributed by atoms with Crippen LogP contribution in [-0.2, 0) is 0 Å². The number of rotatable bonds is 3. The second-order valence-corrected chi connectivity index (χ2v) is 2.59. The summed E-state index contributed by atoms with van der Waals surface area (Å²) in [5.74, 6) is 0. The van der Waals surface area contributed by atoms with E-state index in [1.807, 2.05) is 18.4 Å². The second-order valence-electron chi connectivity index (χ2n) is 1.38. The molecular formula is C7H10S. The van der Waals surface area contributed by atoms with Crippen molar-refractivity contribution in [1.29, 1.82) is 0 Å². The summed E-state index contributed by atoms with van der Waals surface area (Å²) in [4.78, 5) is 1.10. The van der Waals surface area contributed by atoms with Crippen LogP contribution in [0.1, 0.15) is 6.92 Å². The summed E-state index contributed by atoms with van der Waals surface area (Å²) in [5.41, 5.74) is 0. The molecule has 0 radical (unpaired) electrons. The molecule has 0 aliphatic heterocycles. The third-order valence-electron chi connectivity index (χ3n) is 0.484. The molecule has 0 rings (SSSR count). The first-order valence-electron chi connectivity index (χ1n) is 2.37. The van der Waals surface area contributed by atoms with Gasteiger partial charge in [0.05, 0.1) is 0 Å². The first kappa shape index (κ1) is 7.57. The number of hydrogen-bond donors (Lipinski definition) is 0. The van der Waals surface area contributed by atoms with Gasteiger partial charge in [-0.15, -0.1) is 11.8 Å². The molecular weight excluding hydrogens is 116 g/mol. The summed E-state index contributed by atoms with van der Waals surface area (Å²) in [6.45, 7) is 9.20. The molecule has 44 valence electrons. The van der Waals surface area contributed by atoms with Crippen molar-refractivity contribution in [3.8, 4) is 0 Å². The van der Waals surface area contributed by atoms with E-state index in [2.05, 4.69) is 13.2 Å². The molecule has 0 aromatic carbocycles. The van der Waals surface area contributed by atoms with Gasteiger partial charge < -0.3 is 0 Å². The number of hydrogen-bond acceptors (Lipinski definition) is 1. The van der Waals surface area contributed by atoms with E-state index < -0.39 is 0 Å². The Labute approximate surface area is 55.0 Å². The van der Waals surface area contributed by atoms with Crippen LogP contribution in [0.4, 0.5) is 0 Å². The smallest absolute Gasteiger partial charge is 0.0211 e. The average molecular weight is 126 g/mol. The van der Waals surface area contributed by atoms with E-state index in [0.717, 1.165) is 4.91 Å². The van der Waals surface area contributed by atoms with E-state index in [4.69, 9.17) is 0 Å². The lowest BCUT2D eigenvalue weighted by Crippen LogP contribution is -1.52. The Bertz CT molecular complexity index is 112. The quantitative estimate of drug-likeness (QED) is 0.524. The van der Waals surface area contributed by atoms with E-state index >= 15 is 0 Å². The fourth-order valence-corrected chi connectivity index (χ4v) is 0.633. The van der Waals surface area contributed by atoms with E-state index in [1.54, 1.807) is 17.8 Å². The van der Waals surface area contributed by atoms with Crippen LogP contribution in [0.15, 0.2) is 35.6 Å². The molecule has 0 spiro atoms. The maximum atomic E-state index is 3.70. The van der Waals surface area contributed by atoms with Gasteiger partial charge >= 0.3 is 0 Å². The predicted octanol–water partition coefficient (Wildman–Crippen LogP) is 2.95. The molecule has 0 heterocycles. The van der Waals surface area contributed by atoms with Crippen molar-refractivity contribution < 1.29 is 0 Å². The van der Waals surface area contributed by atoms with Gasteiger partial charge in [-0.1, -0.05) is 25.3 Å². The van der Waals surface area contributed by atoms with Crippen molar-refractivity contribution in [3.63, 3.8) is 0 Å². The molecule has 0 N–H and O–H groups in total. The first-order valence-corrected chi connectivity index (χ1v) is 3.25. The highest BCUT2D eigenvalue weighted by Crippen LogP contribution is 2.12. The molecule has 0 fully saturated rings. The summed E-state index contributed by atoms with van der Waals surface area (Å²) in [5, 5.41) is 1.95. The van der Waals surface area contributed by atoms with Crippen LogP contribution in [0.2, 0.25) is 0 Å². The molecule has 1 heteroatoms. The minimum atomic E-state index is 1.10. The van der Waals surface area contributed by atoms with Crippen molar-refractivity contribution in [3.05, 3.63) is 35.6 Å². The fraction of sp³-hybridized carbons (Fsp3) is 0.143. The van der Waals surface area contributed by atoms with Crippen LogP contribution in [0, 0.1) is 0 Å². The molecule has 0 aliphatic rings. The van der Waals surface area contributed by atoms with Crippen molar-refractivity contribution in [2.24, 2.45) is 0 Å². The monoisotopic (exact) mass is 126 g/mol. The lowest BCUT2D eigenvalue weighted by Gasteiger charge is -1.84. The Morgan fingerprint density at radius 1 is 1.62 bits per heavy atom. The van der Waals surface area contributed by atoms with Gasteiger partial charge in [0.15, 0.2) is 0 Å². The Balaban J connectivity index is 3.29. The molecule has 0 aliphatic carbocycles. The van der Waals surface area contributed by atoms with Crippen LogP contribution in [0.3, 0.4) is 0 Å². The van der Waals surface area contributed by atoms with Gasteiger partial charge in [-0.05, 0) is 17.2 Å². The first-order chi connectivity index (χ1) is 3.77. The summed E-state index contributed by atoms with van der Waals surface area (Å²) in [6, 6.07) is 0. The van der Waals surface area contributed by atoms with Gasteiger partial charge in [-0.3, -0.25) is 0 Å². The molecule has 0 amide bonds. The maximum Gasteiger partial charge on any atom is -0.0211 e. The Kier molecular flexibility index (Phi) is 4.47. The SMILES string of the molecule is C=C/C=C\SC(=C)C. The third-order valence-corrected chi connectivity index (χ3v) is 1.18. The molecule has 0 unspecified atom stereocenters. The average Bonchev–Trinajstić information content (AvgIpc) is 1.66. The standard InChI is InChI=1S/C7H10S/c1-4-5-6-8-7(2)3/h4-6H,1-2H2,3H3/b6-5-. The van der Waals surface area contributed by atoms with Crippen LogP contribution in [-0.4, -0.2) is 0 Å². The van der Waals surface area contributed by atoms with Crippen LogP contribution >= 0.6 is 11.8 Å². The largest absolute Gasteiger partial charge is 0.103 e. The molecule has 0 aromatic heterocycles. The Hall–Kier alpha value is -0.430. The lowest BCUT2D eigenvalue weighted by atomic mass is 10.6. The maximum absolute atomic E-state index is 3.70. The van der Waals surface area contributed by atoms with Gasteiger partial charge in [-0.2, -0.15) is 0 Å². The fourth-order valence-electron chi connectivity index (χ4n) is 0.211. The molecule has 0 saturated carbocycles. The lowest BCUT2D eigenvalue weighted by molar-refractivity contribution is 1.74. The molecule has 0 atom stereocenters. The second kappa shape index (κ2) is 4.72. The highest BCUT2D eigenvalue weighted by atomic mass is 32.2. The molecule has 0 saturated heterocycles. The zero-order valence-corrected chi connectivity index (χ0v) is 5.87. The van der Waals surface area contributed by atoms with Gasteiger partial charge in [0.25, 0.3) is 0 Å². The van der Waals surface area contributed by atoms with Crippen molar-refractivity contribution >= 4 is 11.8 Å². The third kappa shape index (κ3) is 5.57. The van der Waals surface area contributed by atoms with Crippen LogP contribution in [0.5, 0.6) is 0 Å². The van der Waals surface area contributed by atoms with Crippen LogP contribution in [0.25, 0.3) is 0 Å². The zero-order valence-electron chi connectivity index (χ0n) is 5.05. The van der Waals surface area contributed by atoms with Crippen LogP contribution < -0.4 is 0 Å². The topological polar surface area (TPSA) is 0 Å². The highest BCUT2D eigenvalue weighted by molar-refractivity contribution is 8.05. The van der Waals surface area contributed by atoms with Crippen molar-refractivity contribution in [2.45, 2.75) is 6.92 Å². The summed E-state index contributed by atoms with van der Waals surface area (Å²) < 4.78 is 0. The highest BCUT2D eigenvalue weighted by Gasteiger charge is 1.74. The summed E-state index contributed by atoms with van der Waals surface area (Å²) in [6.07, 6.45) is 3.63. The van der Waals surface area contributed by atoms with Gasteiger partial charge in [0.2, 0.25) is 0 Å². The van der Waals surface area contributed by atoms with Gasteiger partial charge in [0.1, 0.15) is 0 Å². The number of allylic oxidation sites excluding steroid dienone is 3. The van der Waals surface area contributed by atoms with Gasteiger partial charge in [0, 0.05) is 0 Å². The number of thioether (sulfide) groups is 1. The minimum absolute atomic E-state index is 1.10. The Morgan fingerprint density at radius 2 is 2.25 bits per heavy atom. The predicted molar refractivity (Wildman–Crippen MR) is 41.7 cm³/mol. The van der Waals surface area contributed by atoms with E-state index in [9.17, 15) is 0 Å². The molecule has 8 heavy (non-hydrogen) atoms. The minimum Gasteiger partial charge on any atom is -0.103 e. The zero-order chi connectivity index (χ0) is 6.41. The van der Waals surface area contributed by atoms with Crippen molar-refractivity contribution in [2.75, 3.05) is 0 Å². The van der Waals surface area contributed by atoms with Crippen molar-refractivity contribution in [1.82, 2.24) is 0 Å². The van der Waals surface area contributed by atoms with E-state index in [1.165, 1.54) is 0 Å². The summed E-state index contributed by atoms with van der Waals surface area (Å²) >= 11 is 1.61. The Morgan fingerprint density at radius 3 is 2.62 bits per heavy atom. The summed E-state index contributed by atoms with van der Waals surface area (Å²) in [7, 11) is 0. The molecule has 0 bridgehead atoms. The molecule has 0 nitrogen and oxygen atoms in total. The van der Waals surface area contributed by atoms with Gasteiger partial charge in [-0.25, -0.2) is 0 Å². The van der Waals surface area contributed by atoms with E-state index in [-0.39, 0.29) is 0 Å². The molecule has 0 aromatic rings. The normalized spacial score (nSPS) is 9.62. The van der Waals surface area contributed by atoms with E-state index in [0.29, 0.717) is 0 Å².